The highest BCUT2D eigenvalue weighted by Crippen LogP contribution is 2.25. The van der Waals surface area contributed by atoms with E-state index in [0.29, 0.717) is 6.04 Å². The number of methoxy groups -OCH3 is 1. The molecule has 30 heavy (non-hydrogen) atoms. The van der Waals surface area contributed by atoms with E-state index in [4.69, 9.17) is 14.2 Å². The molecule has 2 aromatic carbocycles. The fourth-order valence-electron chi connectivity index (χ4n) is 4.29. The molecule has 1 N–H and O–H groups in total. The summed E-state index contributed by atoms with van der Waals surface area (Å²) >= 11 is 0. The Morgan fingerprint density at radius 3 is 2.27 bits per heavy atom. The highest BCUT2D eigenvalue weighted by atomic mass is 16.5. The minimum atomic E-state index is 0.315. The highest BCUT2D eigenvalue weighted by Gasteiger charge is 2.23. The SMILES string of the molecule is COc1ccc(C(CNCc2ccccc2N2CCOCC2)N2CCOCC2)cc1. The average molecular weight is 412 g/mol. The number of nitrogens with zero attached hydrogens (tertiary/aromatic N) is 2. The molecule has 0 aromatic heterocycles. The second-order valence-electron chi connectivity index (χ2n) is 7.80. The third-order valence-corrected chi connectivity index (χ3v) is 5.98. The Hall–Kier alpha value is -2.12. The lowest BCUT2D eigenvalue weighted by Gasteiger charge is -2.35. The number of benzene rings is 2. The van der Waals surface area contributed by atoms with Crippen molar-refractivity contribution in [1.29, 1.82) is 0 Å². The topological polar surface area (TPSA) is 46.2 Å². The molecule has 2 aliphatic heterocycles. The first-order valence-corrected chi connectivity index (χ1v) is 10.9. The molecule has 1 atom stereocenters. The second kappa shape index (κ2) is 10.8. The predicted octanol–water partition coefficient (Wildman–Crippen LogP) is 2.69. The summed E-state index contributed by atoms with van der Waals surface area (Å²) in [7, 11) is 1.71. The van der Waals surface area contributed by atoms with Crippen LogP contribution < -0.4 is 15.0 Å². The first-order valence-electron chi connectivity index (χ1n) is 10.9. The van der Waals surface area contributed by atoms with Crippen LogP contribution in [-0.2, 0) is 16.0 Å². The third-order valence-electron chi connectivity index (χ3n) is 5.98. The van der Waals surface area contributed by atoms with Crippen molar-refractivity contribution >= 4 is 5.69 Å². The molecule has 0 amide bonds. The van der Waals surface area contributed by atoms with Crippen molar-refractivity contribution in [2.45, 2.75) is 12.6 Å². The van der Waals surface area contributed by atoms with Gasteiger partial charge in [0.25, 0.3) is 0 Å². The van der Waals surface area contributed by atoms with Crippen molar-refractivity contribution in [1.82, 2.24) is 10.2 Å². The average Bonchev–Trinajstić information content (AvgIpc) is 2.83. The van der Waals surface area contributed by atoms with Gasteiger partial charge >= 0.3 is 0 Å². The molecule has 0 spiro atoms. The third kappa shape index (κ3) is 5.32. The molecular formula is C24H33N3O3. The van der Waals surface area contributed by atoms with Crippen molar-refractivity contribution in [3.8, 4) is 5.75 Å². The Morgan fingerprint density at radius 1 is 0.900 bits per heavy atom. The molecule has 2 aliphatic rings. The maximum Gasteiger partial charge on any atom is 0.118 e. The first kappa shape index (κ1) is 21.1. The van der Waals surface area contributed by atoms with Gasteiger partial charge in [-0.1, -0.05) is 30.3 Å². The molecule has 162 valence electrons. The summed E-state index contributed by atoms with van der Waals surface area (Å²) in [6, 6.07) is 17.5. The Labute approximate surface area is 179 Å². The summed E-state index contributed by atoms with van der Waals surface area (Å²) in [4.78, 5) is 4.95. The van der Waals surface area contributed by atoms with Gasteiger partial charge in [0.15, 0.2) is 0 Å². The Morgan fingerprint density at radius 2 is 1.57 bits per heavy atom. The highest BCUT2D eigenvalue weighted by molar-refractivity contribution is 5.53. The van der Waals surface area contributed by atoms with Crippen LogP contribution in [0.1, 0.15) is 17.2 Å². The van der Waals surface area contributed by atoms with Gasteiger partial charge < -0.3 is 24.4 Å². The van der Waals surface area contributed by atoms with E-state index in [-0.39, 0.29) is 0 Å². The molecule has 6 nitrogen and oxygen atoms in total. The molecule has 6 heteroatoms. The van der Waals surface area contributed by atoms with Gasteiger partial charge in [-0.25, -0.2) is 0 Å². The summed E-state index contributed by atoms with van der Waals surface area (Å²) < 4.78 is 16.4. The lowest BCUT2D eigenvalue weighted by molar-refractivity contribution is 0.0161. The summed E-state index contributed by atoms with van der Waals surface area (Å²) in [5.74, 6) is 0.895. The second-order valence-corrected chi connectivity index (χ2v) is 7.80. The minimum Gasteiger partial charge on any atom is -0.497 e. The number of nitrogens with one attached hydrogen (secondary N) is 1. The quantitative estimate of drug-likeness (QED) is 0.721. The molecule has 2 heterocycles. The van der Waals surface area contributed by atoms with E-state index >= 15 is 0 Å². The lowest BCUT2D eigenvalue weighted by atomic mass is 10.0. The molecular weight excluding hydrogens is 378 g/mol. The molecule has 1 unspecified atom stereocenters. The van der Waals surface area contributed by atoms with E-state index in [0.717, 1.165) is 71.4 Å². The summed E-state index contributed by atoms with van der Waals surface area (Å²) in [5, 5.41) is 3.73. The summed E-state index contributed by atoms with van der Waals surface area (Å²) in [6.45, 7) is 8.79. The van der Waals surface area contributed by atoms with Gasteiger partial charge in [0.05, 0.1) is 33.5 Å². The number of rotatable bonds is 8. The number of ether oxygens (including phenoxy) is 3. The zero-order valence-corrected chi connectivity index (χ0v) is 17.9. The number of hydrogen-bond donors (Lipinski definition) is 1. The zero-order valence-electron chi connectivity index (χ0n) is 17.9. The van der Waals surface area contributed by atoms with E-state index in [1.807, 2.05) is 0 Å². The van der Waals surface area contributed by atoms with Crippen LogP contribution >= 0.6 is 0 Å². The maximum absolute atomic E-state index is 5.58. The fourth-order valence-corrected chi connectivity index (χ4v) is 4.29. The molecule has 0 bridgehead atoms. The number of para-hydroxylation sites is 1. The zero-order chi connectivity index (χ0) is 20.6. The predicted molar refractivity (Wildman–Crippen MR) is 119 cm³/mol. The van der Waals surface area contributed by atoms with E-state index in [1.54, 1.807) is 7.11 Å². The first-order chi connectivity index (χ1) is 14.8. The molecule has 2 saturated heterocycles. The van der Waals surface area contributed by atoms with E-state index in [1.165, 1.54) is 16.8 Å². The summed E-state index contributed by atoms with van der Waals surface area (Å²) in [6.07, 6.45) is 0. The maximum atomic E-state index is 5.58. The molecule has 0 aliphatic carbocycles. The van der Waals surface area contributed by atoms with Crippen LogP contribution in [0.4, 0.5) is 5.69 Å². The van der Waals surface area contributed by atoms with Crippen molar-refractivity contribution in [2.24, 2.45) is 0 Å². The summed E-state index contributed by atoms with van der Waals surface area (Å²) in [5.41, 5.74) is 3.97. The monoisotopic (exact) mass is 411 g/mol. The molecule has 2 aromatic rings. The van der Waals surface area contributed by atoms with Crippen LogP contribution in [0.2, 0.25) is 0 Å². The number of anilines is 1. The normalized spacial score (nSPS) is 18.9. The van der Waals surface area contributed by atoms with Crippen molar-refractivity contribution in [3.63, 3.8) is 0 Å². The Bertz CT molecular complexity index is 772. The van der Waals surface area contributed by atoms with Crippen molar-refractivity contribution < 1.29 is 14.2 Å². The van der Waals surface area contributed by atoms with Crippen LogP contribution in [0, 0.1) is 0 Å². The van der Waals surface area contributed by atoms with Gasteiger partial charge in [-0.05, 0) is 29.3 Å². The largest absolute Gasteiger partial charge is 0.497 e. The number of morpholine rings is 2. The van der Waals surface area contributed by atoms with Crippen LogP contribution in [0.5, 0.6) is 5.75 Å². The van der Waals surface area contributed by atoms with Gasteiger partial charge in [-0.15, -0.1) is 0 Å². The van der Waals surface area contributed by atoms with Gasteiger partial charge in [-0.3, -0.25) is 4.90 Å². The van der Waals surface area contributed by atoms with Crippen LogP contribution in [-0.4, -0.2) is 71.2 Å². The van der Waals surface area contributed by atoms with Crippen molar-refractivity contribution in [2.75, 3.05) is 71.2 Å². The van der Waals surface area contributed by atoms with E-state index in [2.05, 4.69) is 63.6 Å². The Kier molecular flexibility index (Phi) is 7.59. The van der Waals surface area contributed by atoms with Gasteiger partial charge in [0.2, 0.25) is 0 Å². The van der Waals surface area contributed by atoms with Crippen molar-refractivity contribution in [3.05, 3.63) is 59.7 Å². The molecule has 0 saturated carbocycles. The lowest BCUT2D eigenvalue weighted by Crippen LogP contribution is -2.43. The minimum absolute atomic E-state index is 0.315. The molecule has 4 rings (SSSR count). The van der Waals surface area contributed by atoms with Gasteiger partial charge in [0, 0.05) is 51.0 Å². The number of hydrogen-bond acceptors (Lipinski definition) is 6. The fraction of sp³-hybridized carbons (Fsp3) is 0.500. The molecule has 2 fully saturated rings. The van der Waals surface area contributed by atoms with Crippen LogP contribution in [0.15, 0.2) is 48.5 Å². The van der Waals surface area contributed by atoms with Gasteiger partial charge in [0.1, 0.15) is 5.75 Å². The van der Waals surface area contributed by atoms with Crippen LogP contribution in [0.25, 0.3) is 0 Å². The Balaban J connectivity index is 1.43. The van der Waals surface area contributed by atoms with Crippen LogP contribution in [0.3, 0.4) is 0 Å². The van der Waals surface area contributed by atoms with E-state index in [9.17, 15) is 0 Å². The van der Waals surface area contributed by atoms with Gasteiger partial charge in [-0.2, -0.15) is 0 Å². The van der Waals surface area contributed by atoms with E-state index < -0.39 is 0 Å². The standard InChI is InChI=1S/C24H33N3O3/c1-28-22-8-6-20(7-9-22)24(27-12-16-30-17-13-27)19-25-18-21-4-2-3-5-23(21)26-10-14-29-15-11-26/h2-9,24-25H,10-19H2,1H3. The molecule has 0 radical (unpaired) electrons. The smallest absolute Gasteiger partial charge is 0.118 e.